The molecule has 4 heteroatoms. The molecule has 0 saturated carbocycles. The third-order valence-corrected chi connectivity index (χ3v) is 6.10. The average molecular weight is 405 g/mol. The van der Waals surface area contributed by atoms with Crippen LogP contribution in [0.25, 0.3) is 6.08 Å². The summed E-state index contributed by atoms with van der Waals surface area (Å²) in [4.78, 5) is 11.2. The van der Waals surface area contributed by atoms with Gasteiger partial charge in [0, 0.05) is 6.42 Å². The van der Waals surface area contributed by atoms with E-state index in [0.717, 1.165) is 5.56 Å². The van der Waals surface area contributed by atoms with Gasteiger partial charge in [0.2, 0.25) is 0 Å². The van der Waals surface area contributed by atoms with Crippen molar-refractivity contribution in [3.63, 3.8) is 0 Å². The fourth-order valence-corrected chi connectivity index (χ4v) is 3.61. The Labute approximate surface area is 177 Å². The zero-order valence-electron chi connectivity index (χ0n) is 18.9. The second-order valence-corrected chi connectivity index (χ2v) is 8.59. The molecular weight excluding hydrogens is 364 g/mol. The maximum Gasteiger partial charge on any atom is 0.305 e. The molecule has 0 saturated heterocycles. The highest BCUT2D eigenvalue weighted by atomic mass is 16.5. The lowest BCUT2D eigenvalue weighted by Gasteiger charge is -2.34. The number of hydrogen-bond donors (Lipinski definition) is 2. The predicted octanol–water partition coefficient (Wildman–Crippen LogP) is 5.26. The molecule has 0 aliphatic carbocycles. The Morgan fingerprint density at radius 2 is 1.83 bits per heavy atom. The van der Waals surface area contributed by atoms with Gasteiger partial charge in [-0.3, -0.25) is 4.79 Å². The number of aliphatic hydroxyl groups excluding tert-OH is 2. The number of carbonyl (C=O) groups is 1. The molecule has 0 aliphatic rings. The zero-order chi connectivity index (χ0) is 21.9. The summed E-state index contributed by atoms with van der Waals surface area (Å²) in [5, 5.41) is 20.5. The molecule has 0 radical (unpaired) electrons. The van der Waals surface area contributed by atoms with Gasteiger partial charge in [-0.05, 0) is 41.7 Å². The van der Waals surface area contributed by atoms with Crippen molar-refractivity contribution in [2.24, 2.45) is 5.92 Å². The first-order valence-electron chi connectivity index (χ1n) is 10.9. The quantitative estimate of drug-likeness (QED) is 0.348. The van der Waals surface area contributed by atoms with E-state index >= 15 is 0 Å². The summed E-state index contributed by atoms with van der Waals surface area (Å²) in [6.45, 7) is 9.11. The summed E-state index contributed by atoms with van der Waals surface area (Å²) in [5.41, 5.74) is 2.34. The van der Waals surface area contributed by atoms with Gasteiger partial charge in [-0.25, -0.2) is 0 Å². The van der Waals surface area contributed by atoms with E-state index in [1.807, 2.05) is 12.1 Å². The number of rotatable bonds is 13. The number of benzene rings is 1. The van der Waals surface area contributed by atoms with E-state index in [-0.39, 0.29) is 17.8 Å². The van der Waals surface area contributed by atoms with Gasteiger partial charge in [-0.2, -0.15) is 0 Å². The third kappa shape index (κ3) is 8.31. The van der Waals surface area contributed by atoms with Crippen LogP contribution in [-0.2, 0) is 14.9 Å². The van der Waals surface area contributed by atoms with E-state index in [9.17, 15) is 15.0 Å². The van der Waals surface area contributed by atoms with Crippen LogP contribution < -0.4 is 0 Å². The van der Waals surface area contributed by atoms with Crippen LogP contribution in [0.2, 0.25) is 0 Å². The fraction of sp³-hybridized carbons (Fsp3) is 0.640. The van der Waals surface area contributed by atoms with Crippen LogP contribution >= 0.6 is 0 Å². The topological polar surface area (TPSA) is 66.8 Å². The van der Waals surface area contributed by atoms with E-state index in [0.29, 0.717) is 18.8 Å². The highest BCUT2D eigenvalue weighted by molar-refractivity contribution is 5.69. The summed E-state index contributed by atoms with van der Waals surface area (Å²) in [5.74, 6) is 0.240. The van der Waals surface area contributed by atoms with Gasteiger partial charge in [-0.15, -0.1) is 0 Å². The van der Waals surface area contributed by atoms with Gasteiger partial charge in [0.15, 0.2) is 0 Å². The molecule has 0 fully saturated rings. The number of esters is 1. The standard InChI is InChI=1S/C25H40O4/c1-6-7-8-12-19(2)25(3,4)21-14-10-9-13-20(21)17-18-23(27)22(26)15-11-16-24(28)29-5/h9-10,13-14,17-19,22-23,26-27H,6-8,11-12,15-16H2,1-5H3/b18-17+. The summed E-state index contributed by atoms with van der Waals surface area (Å²) < 4.78 is 4.60. The maximum atomic E-state index is 11.2. The molecule has 29 heavy (non-hydrogen) atoms. The Bertz CT molecular complexity index is 635. The first-order valence-corrected chi connectivity index (χ1v) is 10.9. The molecule has 1 aromatic carbocycles. The number of aliphatic hydroxyl groups is 2. The number of unbranched alkanes of at least 4 members (excludes halogenated alkanes) is 2. The summed E-state index contributed by atoms with van der Waals surface area (Å²) in [6.07, 6.45) is 7.71. The minimum atomic E-state index is -0.967. The largest absolute Gasteiger partial charge is 0.469 e. The Morgan fingerprint density at radius 3 is 2.48 bits per heavy atom. The lowest BCUT2D eigenvalue weighted by atomic mass is 9.71. The second kappa shape index (κ2) is 12.8. The lowest BCUT2D eigenvalue weighted by Crippen LogP contribution is -2.27. The fourth-order valence-electron chi connectivity index (χ4n) is 3.61. The van der Waals surface area contributed by atoms with Crippen molar-refractivity contribution in [1.82, 2.24) is 0 Å². The Morgan fingerprint density at radius 1 is 1.14 bits per heavy atom. The van der Waals surface area contributed by atoms with Crippen molar-refractivity contribution in [3.8, 4) is 0 Å². The highest BCUT2D eigenvalue weighted by Gasteiger charge is 2.29. The maximum absolute atomic E-state index is 11.2. The van der Waals surface area contributed by atoms with Gasteiger partial charge in [-0.1, -0.05) is 83.4 Å². The summed E-state index contributed by atoms with van der Waals surface area (Å²) in [7, 11) is 1.35. The van der Waals surface area contributed by atoms with E-state index in [2.05, 4.69) is 50.6 Å². The molecule has 3 unspecified atom stereocenters. The number of methoxy groups -OCH3 is 1. The van der Waals surface area contributed by atoms with Crippen LogP contribution in [0.3, 0.4) is 0 Å². The molecule has 2 N–H and O–H groups in total. The van der Waals surface area contributed by atoms with Crippen molar-refractivity contribution >= 4 is 12.0 Å². The summed E-state index contributed by atoms with van der Waals surface area (Å²) >= 11 is 0. The minimum absolute atomic E-state index is 0.0127. The summed E-state index contributed by atoms with van der Waals surface area (Å²) in [6, 6.07) is 8.28. The van der Waals surface area contributed by atoms with Crippen LogP contribution in [0.4, 0.5) is 0 Å². The van der Waals surface area contributed by atoms with Gasteiger partial charge >= 0.3 is 5.97 Å². The average Bonchev–Trinajstić information content (AvgIpc) is 2.71. The zero-order valence-corrected chi connectivity index (χ0v) is 18.9. The van der Waals surface area contributed by atoms with Crippen LogP contribution in [0, 0.1) is 5.92 Å². The second-order valence-electron chi connectivity index (χ2n) is 8.59. The molecule has 164 valence electrons. The SMILES string of the molecule is CCCCCC(C)C(C)(C)c1ccccc1/C=C/C(O)C(O)CCCC(=O)OC. The van der Waals surface area contributed by atoms with Crippen LogP contribution in [0.1, 0.15) is 83.8 Å². The molecule has 0 spiro atoms. The number of carbonyl (C=O) groups excluding carboxylic acids is 1. The third-order valence-electron chi connectivity index (χ3n) is 6.10. The van der Waals surface area contributed by atoms with Crippen molar-refractivity contribution in [2.45, 2.75) is 90.3 Å². The van der Waals surface area contributed by atoms with Gasteiger partial charge in [0.1, 0.15) is 0 Å². The molecule has 0 heterocycles. The lowest BCUT2D eigenvalue weighted by molar-refractivity contribution is -0.140. The monoisotopic (exact) mass is 404 g/mol. The first kappa shape index (κ1) is 25.4. The van der Waals surface area contributed by atoms with Crippen molar-refractivity contribution < 1.29 is 19.7 Å². The molecule has 1 rings (SSSR count). The minimum Gasteiger partial charge on any atom is -0.469 e. The Hall–Kier alpha value is -1.65. The molecule has 0 bridgehead atoms. The van der Waals surface area contributed by atoms with Crippen LogP contribution in [0.15, 0.2) is 30.3 Å². The van der Waals surface area contributed by atoms with Crippen LogP contribution in [-0.4, -0.2) is 35.5 Å². The molecule has 3 atom stereocenters. The van der Waals surface area contributed by atoms with Crippen molar-refractivity contribution in [3.05, 3.63) is 41.5 Å². The molecule has 0 aromatic heterocycles. The number of ether oxygens (including phenoxy) is 1. The molecular formula is C25H40O4. The molecule has 4 nitrogen and oxygen atoms in total. The van der Waals surface area contributed by atoms with E-state index in [1.165, 1.54) is 38.4 Å². The van der Waals surface area contributed by atoms with E-state index in [1.54, 1.807) is 6.08 Å². The van der Waals surface area contributed by atoms with E-state index in [4.69, 9.17) is 0 Å². The van der Waals surface area contributed by atoms with Gasteiger partial charge in [0.05, 0.1) is 19.3 Å². The smallest absolute Gasteiger partial charge is 0.305 e. The van der Waals surface area contributed by atoms with Crippen LogP contribution in [0.5, 0.6) is 0 Å². The predicted molar refractivity (Wildman–Crippen MR) is 120 cm³/mol. The normalized spacial score (nSPS) is 15.3. The van der Waals surface area contributed by atoms with Crippen molar-refractivity contribution in [1.29, 1.82) is 0 Å². The Balaban J connectivity index is 2.80. The molecule has 0 amide bonds. The van der Waals surface area contributed by atoms with Gasteiger partial charge < -0.3 is 14.9 Å². The Kier molecular flexibility index (Phi) is 11.2. The van der Waals surface area contributed by atoms with E-state index < -0.39 is 12.2 Å². The van der Waals surface area contributed by atoms with Crippen molar-refractivity contribution in [2.75, 3.05) is 7.11 Å². The van der Waals surface area contributed by atoms with Gasteiger partial charge in [0.25, 0.3) is 0 Å². The molecule has 1 aromatic rings. The number of hydrogen-bond acceptors (Lipinski definition) is 4. The first-order chi connectivity index (χ1) is 13.7. The highest BCUT2D eigenvalue weighted by Crippen LogP contribution is 2.37. The molecule has 0 aliphatic heterocycles.